The normalized spacial score (nSPS) is 14.6. The molecule has 0 aromatic rings. The van der Waals surface area contributed by atoms with Crippen LogP contribution >= 0.6 is 0 Å². The maximum absolute atomic E-state index is 13.1. The monoisotopic (exact) mass is 500 g/mol. The zero-order chi connectivity index (χ0) is 27.1. The molecule has 12 heteroatoms. The summed E-state index contributed by atoms with van der Waals surface area (Å²) in [5, 5.41) is 17.1. The van der Waals surface area contributed by atoms with Gasteiger partial charge >= 0.3 is 5.97 Å². The highest BCUT2D eigenvalue weighted by molar-refractivity contribution is 5.94. The van der Waals surface area contributed by atoms with E-state index >= 15 is 0 Å². The summed E-state index contributed by atoms with van der Waals surface area (Å²) in [6.45, 7) is 7.98. The van der Waals surface area contributed by atoms with Gasteiger partial charge in [0.2, 0.25) is 23.6 Å². The molecular weight excluding hydrogens is 456 g/mol. The Kier molecular flexibility index (Phi) is 15.5. The summed E-state index contributed by atoms with van der Waals surface area (Å²) in [6.07, 6.45) is 1.81. The lowest BCUT2D eigenvalue weighted by atomic mass is 10.0. The molecule has 4 atom stereocenters. The van der Waals surface area contributed by atoms with Gasteiger partial charge < -0.3 is 38.3 Å². The van der Waals surface area contributed by atoms with E-state index in [0.717, 1.165) is 0 Å². The van der Waals surface area contributed by atoms with Crippen LogP contribution in [0.25, 0.3) is 0 Å². The topological polar surface area (TPSA) is 220 Å². The zero-order valence-corrected chi connectivity index (χ0v) is 21.3. The van der Waals surface area contributed by atoms with E-state index in [0.29, 0.717) is 32.2 Å². The molecule has 0 aromatic heterocycles. The number of nitrogens with one attached hydrogen (secondary N) is 3. The van der Waals surface area contributed by atoms with E-state index in [2.05, 4.69) is 16.0 Å². The molecule has 0 fully saturated rings. The smallest absolute Gasteiger partial charge is 0.326 e. The SMILES string of the molecule is CC(C)CC(N)C(=O)NC(CCCCN)C(=O)NC(CC(C)C)C(=O)NC(CCC(N)=O)C(=O)O. The average molecular weight is 501 g/mol. The lowest BCUT2D eigenvalue weighted by Gasteiger charge is -2.26. The Hall–Kier alpha value is -2.73. The van der Waals surface area contributed by atoms with Crippen LogP contribution in [0.15, 0.2) is 0 Å². The number of nitrogens with two attached hydrogens (primary N) is 3. The minimum atomic E-state index is -1.34. The van der Waals surface area contributed by atoms with Crippen LogP contribution in [-0.4, -0.2) is 65.4 Å². The van der Waals surface area contributed by atoms with Gasteiger partial charge in [0.15, 0.2) is 0 Å². The Morgan fingerprint density at radius 2 is 1.26 bits per heavy atom. The molecule has 0 saturated carbocycles. The van der Waals surface area contributed by atoms with Gasteiger partial charge in [-0.3, -0.25) is 19.2 Å². The number of aliphatic carboxylic acids is 1. The molecule has 12 nitrogen and oxygen atoms in total. The van der Waals surface area contributed by atoms with Crippen molar-refractivity contribution in [3.63, 3.8) is 0 Å². The van der Waals surface area contributed by atoms with Gasteiger partial charge in [-0.25, -0.2) is 4.79 Å². The van der Waals surface area contributed by atoms with Crippen LogP contribution in [0.4, 0.5) is 0 Å². The summed E-state index contributed by atoms with van der Waals surface area (Å²) in [5.74, 6) is -3.57. The van der Waals surface area contributed by atoms with Crippen molar-refractivity contribution in [1.29, 1.82) is 0 Å². The molecule has 202 valence electrons. The van der Waals surface area contributed by atoms with Crippen LogP contribution < -0.4 is 33.2 Å². The fraction of sp³-hybridized carbons (Fsp3) is 0.783. The fourth-order valence-corrected chi connectivity index (χ4v) is 3.45. The van der Waals surface area contributed by atoms with E-state index < -0.39 is 53.8 Å². The van der Waals surface area contributed by atoms with E-state index in [1.165, 1.54) is 0 Å². The van der Waals surface area contributed by atoms with Crippen LogP contribution in [0.1, 0.15) is 72.6 Å². The number of amides is 4. The summed E-state index contributed by atoms with van der Waals surface area (Å²) in [5.41, 5.74) is 16.6. The highest BCUT2D eigenvalue weighted by atomic mass is 16.4. The first-order valence-electron chi connectivity index (χ1n) is 12.2. The standard InChI is InChI=1S/C23H44N6O6/c1-13(2)11-15(25)20(31)27-16(7-5-6-10-24)21(32)29-18(12-14(3)4)22(33)28-17(23(34)35)8-9-19(26)30/h13-18H,5-12,24-25H2,1-4H3,(H2,26,30)(H,27,31)(H,28,33)(H,29,32)(H,34,35). The maximum atomic E-state index is 13.1. The molecule has 4 unspecified atom stereocenters. The Labute approximate surface area is 207 Å². The van der Waals surface area contributed by atoms with Crippen molar-refractivity contribution in [1.82, 2.24) is 16.0 Å². The van der Waals surface area contributed by atoms with Crippen LogP contribution in [0, 0.1) is 11.8 Å². The first kappa shape index (κ1) is 32.3. The van der Waals surface area contributed by atoms with Gasteiger partial charge in [0, 0.05) is 6.42 Å². The molecule has 4 amide bonds. The molecular formula is C23H44N6O6. The average Bonchev–Trinajstić information content (AvgIpc) is 2.73. The molecule has 0 radical (unpaired) electrons. The second-order valence-electron chi connectivity index (χ2n) is 9.68. The molecule has 0 aromatic carbocycles. The number of rotatable bonds is 18. The maximum Gasteiger partial charge on any atom is 0.326 e. The molecule has 0 aliphatic rings. The van der Waals surface area contributed by atoms with Gasteiger partial charge in [-0.2, -0.15) is 0 Å². The zero-order valence-electron chi connectivity index (χ0n) is 21.3. The molecule has 0 rings (SSSR count). The van der Waals surface area contributed by atoms with Crippen molar-refractivity contribution < 1.29 is 29.1 Å². The van der Waals surface area contributed by atoms with Gasteiger partial charge in [0.05, 0.1) is 6.04 Å². The predicted molar refractivity (Wildman–Crippen MR) is 132 cm³/mol. The molecule has 0 aliphatic carbocycles. The number of hydrogen-bond acceptors (Lipinski definition) is 7. The van der Waals surface area contributed by atoms with Gasteiger partial charge in [0.1, 0.15) is 18.1 Å². The third-order valence-corrected chi connectivity index (χ3v) is 5.28. The Balaban J connectivity index is 5.51. The van der Waals surface area contributed by atoms with E-state index in [-0.39, 0.29) is 31.1 Å². The number of carbonyl (C=O) groups excluding carboxylic acids is 4. The van der Waals surface area contributed by atoms with Gasteiger partial charge in [-0.05, 0) is 56.9 Å². The van der Waals surface area contributed by atoms with E-state index in [9.17, 15) is 29.1 Å². The van der Waals surface area contributed by atoms with Crippen molar-refractivity contribution in [2.24, 2.45) is 29.0 Å². The van der Waals surface area contributed by atoms with E-state index in [1.807, 2.05) is 27.7 Å². The highest BCUT2D eigenvalue weighted by Crippen LogP contribution is 2.10. The third kappa shape index (κ3) is 14.3. The molecule has 10 N–H and O–H groups in total. The minimum absolute atomic E-state index is 0.00954. The number of unbranched alkanes of at least 4 members (excludes halogenated alkanes) is 1. The van der Waals surface area contributed by atoms with Crippen LogP contribution in [0.3, 0.4) is 0 Å². The number of hydrogen-bond donors (Lipinski definition) is 7. The van der Waals surface area contributed by atoms with Gasteiger partial charge in [0.25, 0.3) is 0 Å². The molecule has 0 heterocycles. The first-order chi connectivity index (χ1) is 16.3. The molecule has 0 aliphatic heterocycles. The number of carbonyl (C=O) groups is 5. The predicted octanol–water partition coefficient (Wildman–Crippen LogP) is -0.661. The lowest BCUT2D eigenvalue weighted by molar-refractivity contribution is -0.142. The van der Waals surface area contributed by atoms with Crippen molar-refractivity contribution in [3.05, 3.63) is 0 Å². The second kappa shape index (κ2) is 16.8. The molecule has 35 heavy (non-hydrogen) atoms. The van der Waals surface area contributed by atoms with Gasteiger partial charge in [-0.1, -0.05) is 27.7 Å². The Bertz CT molecular complexity index is 715. The summed E-state index contributed by atoms with van der Waals surface area (Å²) >= 11 is 0. The first-order valence-corrected chi connectivity index (χ1v) is 12.2. The van der Waals surface area contributed by atoms with Gasteiger partial charge in [-0.15, -0.1) is 0 Å². The van der Waals surface area contributed by atoms with E-state index in [4.69, 9.17) is 17.2 Å². The number of primary amides is 1. The van der Waals surface area contributed by atoms with Crippen LogP contribution in [0.2, 0.25) is 0 Å². The largest absolute Gasteiger partial charge is 0.480 e. The van der Waals surface area contributed by atoms with Crippen LogP contribution in [0.5, 0.6) is 0 Å². The van der Waals surface area contributed by atoms with E-state index in [1.54, 1.807) is 0 Å². The number of carboxylic acids is 1. The van der Waals surface area contributed by atoms with Crippen molar-refractivity contribution in [2.45, 2.75) is 96.8 Å². The summed E-state index contributed by atoms with van der Waals surface area (Å²) < 4.78 is 0. The summed E-state index contributed by atoms with van der Waals surface area (Å²) in [6, 6.07) is -4.09. The second-order valence-corrected chi connectivity index (χ2v) is 9.68. The third-order valence-electron chi connectivity index (χ3n) is 5.28. The Morgan fingerprint density at radius 3 is 1.74 bits per heavy atom. The molecule has 0 saturated heterocycles. The minimum Gasteiger partial charge on any atom is -0.480 e. The van der Waals surface area contributed by atoms with Crippen LogP contribution in [-0.2, 0) is 24.0 Å². The fourth-order valence-electron chi connectivity index (χ4n) is 3.45. The lowest BCUT2D eigenvalue weighted by Crippen LogP contribution is -2.57. The quantitative estimate of drug-likeness (QED) is 0.119. The highest BCUT2D eigenvalue weighted by Gasteiger charge is 2.30. The summed E-state index contributed by atoms with van der Waals surface area (Å²) in [4.78, 5) is 61.1. The van der Waals surface area contributed by atoms with Crippen molar-refractivity contribution in [3.8, 4) is 0 Å². The Morgan fingerprint density at radius 1 is 0.743 bits per heavy atom. The number of carboxylic acid groups (broad SMARTS) is 1. The summed E-state index contributed by atoms with van der Waals surface area (Å²) in [7, 11) is 0. The van der Waals surface area contributed by atoms with Crippen molar-refractivity contribution in [2.75, 3.05) is 6.54 Å². The molecule has 0 spiro atoms. The van der Waals surface area contributed by atoms with Crippen molar-refractivity contribution >= 4 is 29.6 Å². The molecule has 0 bridgehead atoms.